The average molecular weight is 293 g/mol. The number of thiophene rings is 1. The first-order valence-electron chi connectivity index (χ1n) is 6.40. The monoisotopic (exact) mass is 293 g/mol. The van der Waals surface area contributed by atoms with Crippen LogP contribution in [0.2, 0.25) is 0 Å². The van der Waals surface area contributed by atoms with E-state index in [-0.39, 0.29) is 0 Å². The van der Waals surface area contributed by atoms with Crippen molar-refractivity contribution in [3.8, 4) is 0 Å². The van der Waals surface area contributed by atoms with Gasteiger partial charge in [0, 0.05) is 10.3 Å². The molecule has 0 saturated carbocycles. The summed E-state index contributed by atoms with van der Waals surface area (Å²) in [5.41, 5.74) is 1.11. The maximum absolute atomic E-state index is 4.78. The molecular formula is C17H11NS2. The number of rotatable bonds is 2. The van der Waals surface area contributed by atoms with Crippen molar-refractivity contribution in [2.75, 3.05) is 0 Å². The van der Waals surface area contributed by atoms with Gasteiger partial charge in [0.15, 0.2) is 0 Å². The molecule has 0 spiro atoms. The van der Waals surface area contributed by atoms with Crippen LogP contribution in [-0.4, -0.2) is 4.98 Å². The standard InChI is InChI=1S/C17H11NS2/c1-2-6-14-12(4-1)7-9-15-17(14)18-16(20-15)10-8-13-5-3-11-19-13/h1-11H. The predicted octanol–water partition coefficient (Wildman–Crippen LogP) is 5.68. The zero-order valence-corrected chi connectivity index (χ0v) is 12.2. The highest BCUT2D eigenvalue weighted by Crippen LogP contribution is 2.30. The van der Waals surface area contributed by atoms with Gasteiger partial charge >= 0.3 is 0 Å². The van der Waals surface area contributed by atoms with Crippen molar-refractivity contribution in [1.82, 2.24) is 4.98 Å². The van der Waals surface area contributed by atoms with Gasteiger partial charge in [0.2, 0.25) is 0 Å². The molecule has 4 aromatic rings. The second-order valence-corrected chi connectivity index (χ2v) is 6.58. The van der Waals surface area contributed by atoms with Crippen molar-refractivity contribution in [2.24, 2.45) is 0 Å². The van der Waals surface area contributed by atoms with E-state index in [9.17, 15) is 0 Å². The lowest BCUT2D eigenvalue weighted by atomic mass is 10.1. The second kappa shape index (κ2) is 4.85. The molecule has 0 aliphatic carbocycles. The molecular weight excluding hydrogens is 282 g/mol. The zero-order chi connectivity index (χ0) is 13.4. The summed E-state index contributed by atoms with van der Waals surface area (Å²) in [6, 6.07) is 16.9. The lowest BCUT2D eigenvalue weighted by Crippen LogP contribution is -1.74. The van der Waals surface area contributed by atoms with Gasteiger partial charge in [-0.05, 0) is 35.1 Å². The number of aromatic nitrogens is 1. The summed E-state index contributed by atoms with van der Waals surface area (Å²) in [5.74, 6) is 0. The van der Waals surface area contributed by atoms with Crippen LogP contribution in [0.4, 0.5) is 0 Å². The van der Waals surface area contributed by atoms with E-state index in [2.05, 4.69) is 66.1 Å². The molecule has 0 aliphatic rings. The van der Waals surface area contributed by atoms with E-state index >= 15 is 0 Å². The SMILES string of the molecule is C(=Cc1nc2c(ccc3ccccc32)s1)c1cccs1. The van der Waals surface area contributed by atoms with Crippen molar-refractivity contribution in [3.63, 3.8) is 0 Å². The Morgan fingerprint density at radius 1 is 0.900 bits per heavy atom. The Labute approximate surface area is 124 Å². The van der Waals surface area contributed by atoms with Crippen LogP contribution in [0, 0.1) is 0 Å². The molecule has 0 fully saturated rings. The normalized spacial score (nSPS) is 11.8. The van der Waals surface area contributed by atoms with E-state index < -0.39 is 0 Å². The quantitative estimate of drug-likeness (QED) is 0.463. The summed E-state index contributed by atoms with van der Waals surface area (Å²) in [6.45, 7) is 0. The highest BCUT2D eigenvalue weighted by molar-refractivity contribution is 7.19. The first kappa shape index (κ1) is 11.8. The molecule has 2 heterocycles. The molecule has 2 aromatic carbocycles. The minimum absolute atomic E-state index is 1.06. The molecule has 0 saturated heterocycles. The van der Waals surface area contributed by atoms with Gasteiger partial charge in [-0.25, -0.2) is 4.98 Å². The molecule has 0 radical (unpaired) electrons. The predicted molar refractivity (Wildman–Crippen MR) is 90.4 cm³/mol. The molecule has 0 N–H and O–H groups in total. The molecule has 0 unspecified atom stereocenters. The van der Waals surface area contributed by atoms with Crippen LogP contribution in [0.25, 0.3) is 33.1 Å². The fraction of sp³-hybridized carbons (Fsp3) is 0. The van der Waals surface area contributed by atoms with Crippen molar-refractivity contribution in [3.05, 3.63) is 63.8 Å². The van der Waals surface area contributed by atoms with Gasteiger partial charge in [-0.2, -0.15) is 0 Å². The number of nitrogens with zero attached hydrogens (tertiary/aromatic N) is 1. The van der Waals surface area contributed by atoms with Crippen LogP contribution in [0.1, 0.15) is 9.88 Å². The molecule has 3 heteroatoms. The van der Waals surface area contributed by atoms with Crippen LogP contribution in [0.15, 0.2) is 53.9 Å². The number of thiazole rings is 1. The van der Waals surface area contributed by atoms with E-state index in [1.54, 1.807) is 22.7 Å². The molecule has 2 aromatic heterocycles. The summed E-state index contributed by atoms with van der Waals surface area (Å²) in [6.07, 6.45) is 4.23. The van der Waals surface area contributed by atoms with Gasteiger partial charge in [-0.1, -0.05) is 36.4 Å². The number of hydrogen-bond acceptors (Lipinski definition) is 3. The first-order valence-corrected chi connectivity index (χ1v) is 8.10. The van der Waals surface area contributed by atoms with Gasteiger partial charge < -0.3 is 0 Å². The van der Waals surface area contributed by atoms with Crippen molar-refractivity contribution < 1.29 is 0 Å². The number of benzene rings is 2. The minimum Gasteiger partial charge on any atom is -0.236 e. The summed E-state index contributed by atoms with van der Waals surface area (Å²) < 4.78 is 1.24. The minimum atomic E-state index is 1.06. The second-order valence-electron chi connectivity index (χ2n) is 4.53. The largest absolute Gasteiger partial charge is 0.236 e. The Bertz CT molecular complexity index is 901. The lowest BCUT2D eigenvalue weighted by Gasteiger charge is -1.96. The third kappa shape index (κ3) is 2.05. The average Bonchev–Trinajstić information content (AvgIpc) is 3.14. The van der Waals surface area contributed by atoms with Gasteiger partial charge in [0.25, 0.3) is 0 Å². The first-order chi connectivity index (χ1) is 9.90. The Balaban J connectivity index is 1.84. The highest BCUT2D eigenvalue weighted by atomic mass is 32.1. The molecule has 1 nitrogen and oxygen atoms in total. The fourth-order valence-electron chi connectivity index (χ4n) is 2.29. The maximum Gasteiger partial charge on any atom is 0.117 e. The van der Waals surface area contributed by atoms with Crippen LogP contribution in [-0.2, 0) is 0 Å². The van der Waals surface area contributed by atoms with Gasteiger partial charge in [-0.3, -0.25) is 0 Å². The number of fused-ring (bicyclic) bond motifs is 3. The van der Waals surface area contributed by atoms with Crippen molar-refractivity contribution in [2.45, 2.75) is 0 Å². The van der Waals surface area contributed by atoms with Crippen LogP contribution < -0.4 is 0 Å². The smallest absolute Gasteiger partial charge is 0.117 e. The summed E-state index contributed by atoms with van der Waals surface area (Å²) in [5, 5.41) is 5.63. The van der Waals surface area contributed by atoms with Gasteiger partial charge in [-0.15, -0.1) is 22.7 Å². The maximum atomic E-state index is 4.78. The number of hydrogen-bond donors (Lipinski definition) is 0. The van der Waals surface area contributed by atoms with Crippen molar-refractivity contribution >= 4 is 55.8 Å². The summed E-state index contributed by atoms with van der Waals surface area (Å²) in [4.78, 5) is 6.04. The Morgan fingerprint density at radius 3 is 2.75 bits per heavy atom. The topological polar surface area (TPSA) is 12.9 Å². The Morgan fingerprint density at radius 2 is 1.85 bits per heavy atom. The third-order valence-corrected chi connectivity index (χ3v) is 5.06. The summed E-state index contributed by atoms with van der Waals surface area (Å²) >= 11 is 3.48. The molecule has 96 valence electrons. The molecule has 4 rings (SSSR count). The van der Waals surface area contributed by atoms with Crippen LogP contribution in [0.3, 0.4) is 0 Å². The molecule has 0 amide bonds. The van der Waals surface area contributed by atoms with E-state index in [0.717, 1.165) is 10.5 Å². The zero-order valence-electron chi connectivity index (χ0n) is 10.6. The van der Waals surface area contributed by atoms with E-state index in [0.29, 0.717) is 0 Å². The van der Waals surface area contributed by atoms with Gasteiger partial charge in [0.1, 0.15) is 5.01 Å². The lowest BCUT2D eigenvalue weighted by molar-refractivity contribution is 1.48. The Hall–Kier alpha value is -1.97. The third-order valence-electron chi connectivity index (χ3n) is 3.23. The highest BCUT2D eigenvalue weighted by Gasteiger charge is 2.05. The molecule has 0 bridgehead atoms. The van der Waals surface area contributed by atoms with Gasteiger partial charge in [0.05, 0.1) is 10.2 Å². The van der Waals surface area contributed by atoms with E-state index in [1.165, 1.54) is 20.3 Å². The van der Waals surface area contributed by atoms with E-state index in [4.69, 9.17) is 4.98 Å². The molecule has 20 heavy (non-hydrogen) atoms. The molecule has 0 aliphatic heterocycles. The fourth-order valence-corrected chi connectivity index (χ4v) is 3.79. The van der Waals surface area contributed by atoms with Crippen LogP contribution in [0.5, 0.6) is 0 Å². The summed E-state index contributed by atoms with van der Waals surface area (Å²) in [7, 11) is 0. The Kier molecular flexibility index (Phi) is 2.87. The van der Waals surface area contributed by atoms with Crippen LogP contribution >= 0.6 is 22.7 Å². The molecule has 0 atom stereocenters. The van der Waals surface area contributed by atoms with E-state index in [1.807, 2.05) is 0 Å². The van der Waals surface area contributed by atoms with Crippen molar-refractivity contribution in [1.29, 1.82) is 0 Å².